The molecule has 3 atom stereocenters. The smallest absolute Gasteiger partial charge is 0.0685 e. The summed E-state index contributed by atoms with van der Waals surface area (Å²) in [5.41, 5.74) is 6.66. The van der Waals surface area contributed by atoms with Crippen LogP contribution in [0.15, 0.2) is 0 Å². The summed E-state index contributed by atoms with van der Waals surface area (Å²) < 4.78 is 11.4. The first-order chi connectivity index (χ1) is 8.27. The van der Waals surface area contributed by atoms with Crippen LogP contribution < -0.4 is 5.73 Å². The summed E-state index contributed by atoms with van der Waals surface area (Å²) in [5.74, 6) is 1.40. The van der Waals surface area contributed by atoms with Gasteiger partial charge in [-0.05, 0) is 56.8 Å². The molecule has 3 unspecified atom stereocenters. The number of hydrogen-bond acceptors (Lipinski definition) is 3. The van der Waals surface area contributed by atoms with E-state index in [0.717, 1.165) is 32.7 Å². The minimum atomic E-state index is 0.243. The van der Waals surface area contributed by atoms with Crippen LogP contribution in [0.3, 0.4) is 0 Å². The van der Waals surface area contributed by atoms with Crippen molar-refractivity contribution in [2.24, 2.45) is 17.6 Å². The molecule has 2 aliphatic heterocycles. The van der Waals surface area contributed by atoms with Crippen LogP contribution in [0.25, 0.3) is 0 Å². The van der Waals surface area contributed by atoms with Crippen molar-refractivity contribution in [3.63, 3.8) is 0 Å². The van der Waals surface area contributed by atoms with Crippen LogP contribution >= 0.6 is 0 Å². The third kappa shape index (κ3) is 2.51. The van der Waals surface area contributed by atoms with Gasteiger partial charge in [0.05, 0.1) is 5.60 Å². The van der Waals surface area contributed by atoms with Crippen LogP contribution in [-0.4, -0.2) is 31.5 Å². The molecule has 0 aromatic carbocycles. The summed E-state index contributed by atoms with van der Waals surface area (Å²) >= 11 is 0. The van der Waals surface area contributed by atoms with Crippen LogP contribution in [0.2, 0.25) is 0 Å². The summed E-state index contributed by atoms with van der Waals surface area (Å²) in [6, 6.07) is 0.364. The summed E-state index contributed by atoms with van der Waals surface area (Å²) in [4.78, 5) is 0. The molecular weight excluding hydrogens is 214 g/mol. The molecule has 2 saturated heterocycles. The standard InChI is InChI=1S/C14H25NO2/c15-13(8-11-2-6-16-10-11)12-3-7-17-14(9-12)4-1-5-14/h11-13H,1-10,15H2. The van der Waals surface area contributed by atoms with Gasteiger partial charge in [0.25, 0.3) is 0 Å². The third-order valence-corrected chi connectivity index (χ3v) is 5.03. The van der Waals surface area contributed by atoms with Crippen LogP contribution in [0.4, 0.5) is 0 Å². The van der Waals surface area contributed by atoms with E-state index >= 15 is 0 Å². The Labute approximate surface area is 104 Å². The minimum absolute atomic E-state index is 0.243. The summed E-state index contributed by atoms with van der Waals surface area (Å²) in [7, 11) is 0. The van der Waals surface area contributed by atoms with Crippen molar-refractivity contribution in [3.8, 4) is 0 Å². The van der Waals surface area contributed by atoms with E-state index in [1.54, 1.807) is 0 Å². The molecule has 1 aliphatic carbocycles. The fourth-order valence-corrected chi connectivity index (χ4v) is 3.70. The molecule has 2 heterocycles. The Morgan fingerprint density at radius 1 is 1.24 bits per heavy atom. The Hall–Kier alpha value is -0.120. The van der Waals surface area contributed by atoms with Crippen molar-refractivity contribution in [2.75, 3.05) is 19.8 Å². The predicted molar refractivity (Wildman–Crippen MR) is 66.8 cm³/mol. The van der Waals surface area contributed by atoms with E-state index in [2.05, 4.69) is 0 Å². The zero-order chi connectivity index (χ0) is 11.7. The van der Waals surface area contributed by atoms with Gasteiger partial charge in [-0.15, -0.1) is 0 Å². The number of ether oxygens (including phenoxy) is 2. The van der Waals surface area contributed by atoms with Gasteiger partial charge in [0.15, 0.2) is 0 Å². The molecule has 0 radical (unpaired) electrons. The SMILES string of the molecule is NC(CC1CCOC1)C1CCOC2(CCC2)C1. The molecule has 1 spiro atoms. The second-order valence-electron chi connectivity index (χ2n) is 6.27. The average Bonchev–Trinajstić information content (AvgIpc) is 2.80. The number of hydrogen-bond donors (Lipinski definition) is 1. The minimum Gasteiger partial charge on any atom is -0.381 e. The van der Waals surface area contributed by atoms with Crippen LogP contribution in [0.1, 0.15) is 44.9 Å². The van der Waals surface area contributed by atoms with Gasteiger partial charge in [0.1, 0.15) is 0 Å². The van der Waals surface area contributed by atoms with Gasteiger partial charge >= 0.3 is 0 Å². The molecule has 3 nitrogen and oxygen atoms in total. The van der Waals surface area contributed by atoms with E-state index in [-0.39, 0.29) is 5.60 Å². The third-order valence-electron chi connectivity index (χ3n) is 5.03. The molecule has 0 aromatic rings. The first kappa shape index (κ1) is 11.9. The van der Waals surface area contributed by atoms with Crippen molar-refractivity contribution in [1.82, 2.24) is 0 Å². The van der Waals surface area contributed by atoms with Crippen LogP contribution in [-0.2, 0) is 9.47 Å². The number of rotatable bonds is 3. The van der Waals surface area contributed by atoms with E-state index in [1.807, 2.05) is 0 Å². The van der Waals surface area contributed by atoms with Gasteiger partial charge in [-0.1, -0.05) is 0 Å². The van der Waals surface area contributed by atoms with E-state index in [1.165, 1.54) is 32.1 Å². The van der Waals surface area contributed by atoms with Gasteiger partial charge in [0.2, 0.25) is 0 Å². The Morgan fingerprint density at radius 3 is 2.76 bits per heavy atom. The molecule has 3 aliphatic rings. The lowest BCUT2D eigenvalue weighted by Gasteiger charge is -2.48. The molecule has 3 fully saturated rings. The first-order valence-corrected chi connectivity index (χ1v) is 7.25. The van der Waals surface area contributed by atoms with Gasteiger partial charge < -0.3 is 15.2 Å². The fourth-order valence-electron chi connectivity index (χ4n) is 3.70. The Balaban J connectivity index is 1.52. The highest BCUT2D eigenvalue weighted by molar-refractivity contribution is 4.96. The van der Waals surface area contributed by atoms with Gasteiger partial charge in [-0.2, -0.15) is 0 Å². The zero-order valence-electron chi connectivity index (χ0n) is 10.7. The highest BCUT2D eigenvalue weighted by Gasteiger charge is 2.43. The second kappa shape index (κ2) is 4.87. The normalized spacial score (nSPS) is 37.9. The molecule has 1 saturated carbocycles. The average molecular weight is 239 g/mol. The molecule has 3 heteroatoms. The second-order valence-corrected chi connectivity index (χ2v) is 6.27. The highest BCUT2D eigenvalue weighted by atomic mass is 16.5. The maximum atomic E-state index is 6.42. The molecule has 0 amide bonds. The summed E-state index contributed by atoms with van der Waals surface area (Å²) in [5, 5.41) is 0. The molecule has 17 heavy (non-hydrogen) atoms. The monoisotopic (exact) mass is 239 g/mol. The van der Waals surface area contributed by atoms with Gasteiger partial charge in [-0.3, -0.25) is 0 Å². The molecule has 0 bridgehead atoms. The van der Waals surface area contributed by atoms with E-state index in [9.17, 15) is 0 Å². The molecule has 0 aromatic heterocycles. The summed E-state index contributed by atoms with van der Waals surface area (Å²) in [6.45, 7) is 2.80. The van der Waals surface area contributed by atoms with Gasteiger partial charge in [-0.25, -0.2) is 0 Å². The van der Waals surface area contributed by atoms with E-state index < -0.39 is 0 Å². The fraction of sp³-hybridized carbons (Fsp3) is 1.00. The van der Waals surface area contributed by atoms with Gasteiger partial charge in [0, 0.05) is 25.9 Å². The predicted octanol–water partition coefficient (Wildman–Crippen LogP) is 2.09. The quantitative estimate of drug-likeness (QED) is 0.820. The lowest BCUT2D eigenvalue weighted by molar-refractivity contribution is -0.146. The zero-order valence-corrected chi connectivity index (χ0v) is 10.7. The van der Waals surface area contributed by atoms with E-state index in [4.69, 9.17) is 15.2 Å². The lowest BCUT2D eigenvalue weighted by Crippen LogP contribution is -2.49. The van der Waals surface area contributed by atoms with Crippen LogP contribution in [0.5, 0.6) is 0 Å². The van der Waals surface area contributed by atoms with Crippen molar-refractivity contribution in [1.29, 1.82) is 0 Å². The maximum absolute atomic E-state index is 6.42. The summed E-state index contributed by atoms with van der Waals surface area (Å²) in [6.07, 6.45) is 8.62. The topological polar surface area (TPSA) is 44.5 Å². The molecule has 2 N–H and O–H groups in total. The maximum Gasteiger partial charge on any atom is 0.0685 e. The van der Waals surface area contributed by atoms with E-state index in [0.29, 0.717) is 17.9 Å². The molecule has 3 rings (SSSR count). The highest BCUT2D eigenvalue weighted by Crippen LogP contribution is 2.45. The molecular formula is C14H25NO2. The Kier molecular flexibility index (Phi) is 3.42. The largest absolute Gasteiger partial charge is 0.381 e. The Morgan fingerprint density at radius 2 is 2.12 bits per heavy atom. The van der Waals surface area contributed by atoms with Crippen molar-refractivity contribution < 1.29 is 9.47 Å². The number of nitrogens with two attached hydrogens (primary N) is 1. The molecule has 98 valence electrons. The van der Waals surface area contributed by atoms with Crippen molar-refractivity contribution >= 4 is 0 Å². The lowest BCUT2D eigenvalue weighted by atomic mass is 9.69. The Bertz CT molecular complexity index is 259. The van der Waals surface area contributed by atoms with Crippen molar-refractivity contribution in [3.05, 3.63) is 0 Å². The van der Waals surface area contributed by atoms with Crippen molar-refractivity contribution in [2.45, 2.75) is 56.6 Å². The first-order valence-electron chi connectivity index (χ1n) is 7.25. The van der Waals surface area contributed by atoms with Crippen LogP contribution in [0, 0.1) is 11.8 Å².